The van der Waals surface area contributed by atoms with Crippen molar-refractivity contribution in [2.45, 2.75) is 58.2 Å². The highest BCUT2D eigenvalue weighted by Gasteiger charge is 2.50. The molecule has 32 heavy (non-hydrogen) atoms. The van der Waals surface area contributed by atoms with Crippen LogP contribution in [0.5, 0.6) is 0 Å². The van der Waals surface area contributed by atoms with Crippen LogP contribution in [0.15, 0.2) is 73.3 Å². The van der Waals surface area contributed by atoms with E-state index in [0.717, 1.165) is 15.3 Å². The second-order valence-corrected chi connectivity index (χ2v) is 14.1. The fraction of sp³-hybridized carbons (Fsp3) is 0.385. The Hall–Kier alpha value is -2.70. The van der Waals surface area contributed by atoms with Gasteiger partial charge in [0.15, 0.2) is 0 Å². The molecule has 1 unspecified atom stereocenters. The first-order valence-electron chi connectivity index (χ1n) is 10.8. The summed E-state index contributed by atoms with van der Waals surface area (Å²) in [5.74, 6) is 0. The summed E-state index contributed by atoms with van der Waals surface area (Å²) < 4.78 is 12.2. The molecule has 0 saturated heterocycles. The van der Waals surface area contributed by atoms with Gasteiger partial charge >= 0.3 is 6.09 Å². The number of carbonyl (C=O) groups excluding carboxylic acids is 2. The summed E-state index contributed by atoms with van der Waals surface area (Å²) >= 11 is 0. The van der Waals surface area contributed by atoms with Gasteiger partial charge in [-0.3, -0.25) is 4.79 Å². The first-order chi connectivity index (χ1) is 15.0. The molecule has 0 radical (unpaired) electrons. The quantitative estimate of drug-likeness (QED) is 0.335. The lowest BCUT2D eigenvalue weighted by Crippen LogP contribution is -2.67. The number of ether oxygens (including phenoxy) is 1. The van der Waals surface area contributed by atoms with Crippen molar-refractivity contribution < 1.29 is 18.8 Å². The number of carbonyl (C=O) groups is 2. The minimum absolute atomic E-state index is 0.120. The highest BCUT2D eigenvalue weighted by atomic mass is 28.4. The Morgan fingerprint density at radius 3 is 1.78 bits per heavy atom. The largest absolute Gasteiger partial charge is 0.443 e. The van der Waals surface area contributed by atoms with Crippen LogP contribution in [-0.4, -0.2) is 44.0 Å². The monoisotopic (exact) mass is 453 g/mol. The van der Waals surface area contributed by atoms with Gasteiger partial charge in [0, 0.05) is 0 Å². The predicted molar refractivity (Wildman–Crippen MR) is 132 cm³/mol. The SMILES string of the molecule is C=CC(CO[Si](c1ccccc1)(c1ccccc1)C(C)(C)C)N(C=O)C(=O)OC(C)(C)C. The maximum Gasteiger partial charge on any atom is 0.417 e. The normalized spacial score (nSPS) is 13.2. The van der Waals surface area contributed by atoms with Crippen molar-refractivity contribution in [1.82, 2.24) is 4.90 Å². The molecular formula is C26H35NO4Si. The van der Waals surface area contributed by atoms with Crippen LogP contribution < -0.4 is 10.4 Å². The van der Waals surface area contributed by atoms with Gasteiger partial charge in [0.05, 0.1) is 12.6 Å². The average Bonchev–Trinajstić information content (AvgIpc) is 2.72. The van der Waals surface area contributed by atoms with E-state index >= 15 is 0 Å². The van der Waals surface area contributed by atoms with Crippen LogP contribution in [0.1, 0.15) is 41.5 Å². The molecule has 0 aliphatic heterocycles. The molecule has 0 aliphatic carbocycles. The van der Waals surface area contributed by atoms with Crippen molar-refractivity contribution >= 4 is 31.2 Å². The molecule has 6 heteroatoms. The van der Waals surface area contributed by atoms with Gasteiger partial charge < -0.3 is 9.16 Å². The summed E-state index contributed by atoms with van der Waals surface area (Å²) in [6.45, 7) is 15.8. The third kappa shape index (κ3) is 5.75. The minimum Gasteiger partial charge on any atom is -0.443 e. The highest BCUT2D eigenvalue weighted by Crippen LogP contribution is 2.37. The molecule has 2 aromatic carbocycles. The lowest BCUT2D eigenvalue weighted by atomic mass is 10.2. The Morgan fingerprint density at radius 1 is 0.969 bits per heavy atom. The number of hydrogen-bond donors (Lipinski definition) is 0. The van der Waals surface area contributed by atoms with Crippen LogP contribution >= 0.6 is 0 Å². The van der Waals surface area contributed by atoms with E-state index in [0.29, 0.717) is 6.41 Å². The zero-order valence-corrected chi connectivity index (χ0v) is 21.0. The number of imide groups is 1. The maximum absolute atomic E-state index is 12.6. The Kier molecular flexibility index (Phi) is 8.21. The van der Waals surface area contributed by atoms with Crippen molar-refractivity contribution in [2.24, 2.45) is 0 Å². The number of rotatable bonds is 8. The van der Waals surface area contributed by atoms with Crippen LogP contribution in [0.3, 0.4) is 0 Å². The molecule has 1 atom stereocenters. The molecule has 2 aromatic rings. The van der Waals surface area contributed by atoms with Crippen molar-refractivity contribution in [3.8, 4) is 0 Å². The van der Waals surface area contributed by atoms with Crippen molar-refractivity contribution in [2.75, 3.05) is 6.61 Å². The lowest BCUT2D eigenvalue weighted by molar-refractivity contribution is -0.119. The molecule has 0 spiro atoms. The first kappa shape index (κ1) is 25.6. The summed E-state index contributed by atoms with van der Waals surface area (Å²) in [4.78, 5) is 25.5. The third-order valence-electron chi connectivity index (χ3n) is 5.23. The molecular weight excluding hydrogens is 418 g/mol. The molecule has 172 valence electrons. The Bertz CT molecular complexity index is 861. The van der Waals surface area contributed by atoms with Crippen LogP contribution in [-0.2, 0) is 14.0 Å². The van der Waals surface area contributed by atoms with Crippen LogP contribution in [0.25, 0.3) is 0 Å². The molecule has 0 aliphatic rings. The Labute approximate surface area is 193 Å². The number of benzene rings is 2. The standard InChI is InChI=1S/C26H35NO4Si/c1-8-21(27(20-28)24(29)31-25(2,3)4)19-30-32(26(5,6)7,22-15-11-9-12-16-22)23-17-13-10-14-18-23/h8-18,20-21H,1,19H2,2-7H3. The molecule has 0 aromatic heterocycles. The summed E-state index contributed by atoms with van der Waals surface area (Å²) in [5.41, 5.74) is -0.719. The average molecular weight is 454 g/mol. The molecule has 2 rings (SSSR count). The zero-order valence-electron chi connectivity index (χ0n) is 20.0. The molecule has 5 nitrogen and oxygen atoms in total. The van der Waals surface area contributed by atoms with Gasteiger partial charge in [-0.05, 0) is 36.2 Å². The van der Waals surface area contributed by atoms with Gasteiger partial charge in [0.25, 0.3) is 8.32 Å². The van der Waals surface area contributed by atoms with Gasteiger partial charge in [0.1, 0.15) is 5.60 Å². The summed E-state index contributed by atoms with van der Waals surface area (Å²) in [6.07, 6.45) is 1.31. The summed E-state index contributed by atoms with van der Waals surface area (Å²) in [6, 6.07) is 19.7. The maximum atomic E-state index is 12.6. The number of nitrogens with zero attached hydrogens (tertiary/aromatic N) is 1. The zero-order chi connectivity index (χ0) is 24.0. The molecule has 0 bridgehead atoms. The van der Waals surface area contributed by atoms with Crippen molar-refractivity contribution in [3.05, 3.63) is 73.3 Å². The Balaban J connectivity index is 2.49. The van der Waals surface area contributed by atoms with Gasteiger partial charge in [0.2, 0.25) is 6.41 Å². The van der Waals surface area contributed by atoms with E-state index in [4.69, 9.17) is 9.16 Å². The van der Waals surface area contributed by atoms with E-state index in [2.05, 4.69) is 51.6 Å². The molecule has 2 amide bonds. The van der Waals surface area contributed by atoms with E-state index in [1.54, 1.807) is 26.8 Å². The molecule has 0 fully saturated rings. The molecule has 0 saturated carbocycles. The van der Waals surface area contributed by atoms with Gasteiger partial charge in [-0.1, -0.05) is 87.5 Å². The fourth-order valence-corrected chi connectivity index (χ4v) is 8.38. The molecule has 0 heterocycles. The van der Waals surface area contributed by atoms with E-state index in [1.807, 2.05) is 36.4 Å². The third-order valence-corrected chi connectivity index (χ3v) is 10.2. The smallest absolute Gasteiger partial charge is 0.417 e. The van der Waals surface area contributed by atoms with Crippen LogP contribution in [0.4, 0.5) is 4.79 Å². The predicted octanol–water partition coefficient (Wildman–Crippen LogP) is 4.51. The van der Waals surface area contributed by atoms with E-state index in [1.165, 1.54) is 0 Å². The van der Waals surface area contributed by atoms with Crippen molar-refractivity contribution in [3.63, 3.8) is 0 Å². The fourth-order valence-electron chi connectivity index (χ4n) is 3.81. The van der Waals surface area contributed by atoms with Gasteiger partial charge in [-0.2, -0.15) is 0 Å². The number of hydrogen-bond acceptors (Lipinski definition) is 4. The Morgan fingerprint density at radius 2 is 1.44 bits per heavy atom. The second-order valence-electron chi connectivity index (χ2n) is 9.77. The minimum atomic E-state index is -2.81. The van der Waals surface area contributed by atoms with E-state index in [-0.39, 0.29) is 11.6 Å². The van der Waals surface area contributed by atoms with Crippen molar-refractivity contribution in [1.29, 1.82) is 0 Å². The molecule has 0 N–H and O–H groups in total. The number of amides is 2. The second kappa shape index (κ2) is 10.3. The highest BCUT2D eigenvalue weighted by molar-refractivity contribution is 6.99. The van der Waals surface area contributed by atoms with Crippen LogP contribution in [0.2, 0.25) is 5.04 Å². The van der Waals surface area contributed by atoms with E-state index in [9.17, 15) is 9.59 Å². The first-order valence-corrected chi connectivity index (χ1v) is 12.7. The van der Waals surface area contributed by atoms with E-state index < -0.39 is 26.1 Å². The summed E-state index contributed by atoms with van der Waals surface area (Å²) in [7, 11) is -2.81. The topological polar surface area (TPSA) is 55.8 Å². The van der Waals surface area contributed by atoms with Gasteiger partial charge in [-0.15, -0.1) is 6.58 Å². The summed E-state index contributed by atoms with van der Waals surface area (Å²) in [5, 5.41) is 2.02. The van der Waals surface area contributed by atoms with Gasteiger partial charge in [-0.25, -0.2) is 9.69 Å². The van der Waals surface area contributed by atoms with Crippen LogP contribution in [0, 0.1) is 0 Å². The lowest BCUT2D eigenvalue weighted by Gasteiger charge is -2.44.